The summed E-state index contributed by atoms with van der Waals surface area (Å²) in [6.07, 6.45) is 11.8. The SMILES string of the molecule is CCCC(=O)N1CCC(NC(=O)CCC2CCCCC2)CC1. The van der Waals surface area contributed by atoms with Gasteiger partial charge in [-0.25, -0.2) is 0 Å². The van der Waals surface area contributed by atoms with Gasteiger partial charge in [0.2, 0.25) is 11.8 Å². The topological polar surface area (TPSA) is 49.4 Å². The van der Waals surface area contributed by atoms with E-state index in [4.69, 9.17) is 0 Å². The molecule has 0 aromatic heterocycles. The van der Waals surface area contributed by atoms with E-state index in [-0.39, 0.29) is 17.9 Å². The van der Waals surface area contributed by atoms with Gasteiger partial charge in [0.05, 0.1) is 0 Å². The molecule has 2 rings (SSSR count). The van der Waals surface area contributed by atoms with Crippen molar-refractivity contribution >= 4 is 11.8 Å². The van der Waals surface area contributed by atoms with Gasteiger partial charge in [0.25, 0.3) is 0 Å². The third-order valence-electron chi connectivity index (χ3n) is 5.18. The fraction of sp³-hybridized carbons (Fsp3) is 0.889. The van der Waals surface area contributed by atoms with Crippen LogP contribution >= 0.6 is 0 Å². The third kappa shape index (κ3) is 5.62. The summed E-state index contributed by atoms with van der Waals surface area (Å²) in [4.78, 5) is 25.9. The molecule has 1 saturated carbocycles. The lowest BCUT2D eigenvalue weighted by Gasteiger charge is -2.32. The molecular formula is C18H32N2O2. The minimum Gasteiger partial charge on any atom is -0.353 e. The van der Waals surface area contributed by atoms with E-state index >= 15 is 0 Å². The summed E-state index contributed by atoms with van der Waals surface area (Å²) in [6.45, 7) is 3.63. The smallest absolute Gasteiger partial charge is 0.222 e. The third-order valence-corrected chi connectivity index (χ3v) is 5.18. The summed E-state index contributed by atoms with van der Waals surface area (Å²) in [5, 5.41) is 3.17. The summed E-state index contributed by atoms with van der Waals surface area (Å²) in [7, 11) is 0. The van der Waals surface area contributed by atoms with Gasteiger partial charge < -0.3 is 10.2 Å². The van der Waals surface area contributed by atoms with E-state index in [0.717, 1.165) is 44.7 Å². The Labute approximate surface area is 135 Å². The average molecular weight is 308 g/mol. The fourth-order valence-corrected chi connectivity index (χ4v) is 3.76. The zero-order valence-corrected chi connectivity index (χ0v) is 14.1. The summed E-state index contributed by atoms with van der Waals surface area (Å²) in [5.41, 5.74) is 0. The van der Waals surface area contributed by atoms with E-state index in [0.29, 0.717) is 12.8 Å². The summed E-state index contributed by atoms with van der Waals surface area (Å²) in [6, 6.07) is 0.268. The van der Waals surface area contributed by atoms with Crippen molar-refractivity contribution in [2.75, 3.05) is 13.1 Å². The number of hydrogen-bond acceptors (Lipinski definition) is 2. The molecule has 0 aromatic rings. The molecule has 0 atom stereocenters. The minimum atomic E-state index is 0.212. The van der Waals surface area contributed by atoms with Gasteiger partial charge in [-0.1, -0.05) is 39.0 Å². The molecular weight excluding hydrogens is 276 g/mol. The number of carbonyl (C=O) groups excluding carboxylic acids is 2. The molecule has 0 radical (unpaired) electrons. The van der Waals surface area contributed by atoms with Crippen LogP contribution in [0, 0.1) is 5.92 Å². The average Bonchev–Trinajstić information content (AvgIpc) is 2.55. The summed E-state index contributed by atoms with van der Waals surface area (Å²) in [5.74, 6) is 1.25. The van der Waals surface area contributed by atoms with Crippen molar-refractivity contribution in [3.63, 3.8) is 0 Å². The predicted molar refractivity (Wildman–Crippen MR) is 88.5 cm³/mol. The van der Waals surface area contributed by atoms with Crippen LogP contribution in [0.1, 0.15) is 77.6 Å². The second kappa shape index (κ2) is 9.16. The molecule has 0 bridgehead atoms. The molecule has 0 unspecified atom stereocenters. The van der Waals surface area contributed by atoms with Gasteiger partial charge in [-0.05, 0) is 31.6 Å². The number of likely N-dealkylation sites (tertiary alicyclic amines) is 1. The molecule has 0 spiro atoms. The maximum absolute atomic E-state index is 12.1. The second-order valence-corrected chi connectivity index (χ2v) is 7.02. The quantitative estimate of drug-likeness (QED) is 0.819. The molecule has 1 aliphatic heterocycles. The van der Waals surface area contributed by atoms with Crippen LogP contribution in [-0.4, -0.2) is 35.8 Å². The molecule has 2 fully saturated rings. The molecule has 1 heterocycles. The van der Waals surface area contributed by atoms with Gasteiger partial charge in [-0.2, -0.15) is 0 Å². The Balaban J connectivity index is 1.60. The number of nitrogens with one attached hydrogen (secondary N) is 1. The second-order valence-electron chi connectivity index (χ2n) is 7.02. The Hall–Kier alpha value is -1.06. The fourth-order valence-electron chi connectivity index (χ4n) is 3.76. The zero-order valence-electron chi connectivity index (χ0n) is 14.1. The van der Waals surface area contributed by atoms with E-state index < -0.39 is 0 Å². The predicted octanol–water partition coefficient (Wildman–Crippen LogP) is 3.25. The minimum absolute atomic E-state index is 0.212. The van der Waals surface area contributed by atoms with Gasteiger partial charge in [0.15, 0.2) is 0 Å². The van der Waals surface area contributed by atoms with E-state index in [1.165, 1.54) is 32.1 Å². The summed E-state index contributed by atoms with van der Waals surface area (Å²) >= 11 is 0. The Bertz CT molecular complexity index is 356. The van der Waals surface area contributed by atoms with Gasteiger partial charge in [-0.15, -0.1) is 0 Å². The van der Waals surface area contributed by atoms with Crippen molar-refractivity contribution in [2.24, 2.45) is 5.92 Å². The standard InChI is InChI=1S/C18H32N2O2/c1-2-6-18(22)20-13-11-16(12-14-20)19-17(21)10-9-15-7-4-3-5-8-15/h15-16H,2-14H2,1H3,(H,19,21). The van der Waals surface area contributed by atoms with Gasteiger partial charge >= 0.3 is 0 Å². The number of carbonyl (C=O) groups is 2. The van der Waals surface area contributed by atoms with Crippen LogP contribution in [0.25, 0.3) is 0 Å². The number of nitrogens with zero attached hydrogens (tertiary/aromatic N) is 1. The lowest BCUT2D eigenvalue weighted by atomic mass is 9.86. The maximum atomic E-state index is 12.1. The lowest BCUT2D eigenvalue weighted by molar-refractivity contribution is -0.132. The van der Waals surface area contributed by atoms with Crippen molar-refractivity contribution in [3.8, 4) is 0 Å². The highest BCUT2D eigenvalue weighted by atomic mass is 16.2. The maximum Gasteiger partial charge on any atom is 0.222 e. The largest absolute Gasteiger partial charge is 0.353 e. The van der Waals surface area contributed by atoms with Crippen molar-refractivity contribution in [1.29, 1.82) is 0 Å². The zero-order chi connectivity index (χ0) is 15.8. The molecule has 22 heavy (non-hydrogen) atoms. The van der Waals surface area contributed by atoms with E-state index in [1.807, 2.05) is 11.8 Å². The molecule has 126 valence electrons. The van der Waals surface area contributed by atoms with Crippen LogP contribution in [0.4, 0.5) is 0 Å². The number of rotatable bonds is 6. The molecule has 1 aliphatic carbocycles. The summed E-state index contributed by atoms with van der Waals surface area (Å²) < 4.78 is 0. The normalized spacial score (nSPS) is 20.9. The Morgan fingerprint density at radius 2 is 1.68 bits per heavy atom. The molecule has 2 aliphatic rings. The van der Waals surface area contributed by atoms with Gasteiger partial charge in [0.1, 0.15) is 0 Å². The Morgan fingerprint density at radius 1 is 1.00 bits per heavy atom. The highest BCUT2D eigenvalue weighted by Gasteiger charge is 2.23. The number of hydrogen-bond donors (Lipinski definition) is 1. The Kier molecular flexibility index (Phi) is 7.20. The van der Waals surface area contributed by atoms with Gasteiger partial charge in [0, 0.05) is 32.0 Å². The van der Waals surface area contributed by atoms with E-state index in [9.17, 15) is 9.59 Å². The highest BCUT2D eigenvalue weighted by Crippen LogP contribution is 2.27. The first-order valence-electron chi connectivity index (χ1n) is 9.26. The van der Waals surface area contributed by atoms with Crippen LogP contribution in [-0.2, 0) is 9.59 Å². The van der Waals surface area contributed by atoms with Crippen molar-refractivity contribution < 1.29 is 9.59 Å². The van der Waals surface area contributed by atoms with E-state index in [2.05, 4.69) is 5.32 Å². The van der Waals surface area contributed by atoms with E-state index in [1.54, 1.807) is 0 Å². The monoisotopic (exact) mass is 308 g/mol. The molecule has 0 aromatic carbocycles. The first-order valence-corrected chi connectivity index (χ1v) is 9.26. The van der Waals surface area contributed by atoms with Crippen molar-refractivity contribution in [2.45, 2.75) is 83.6 Å². The molecule has 1 saturated heterocycles. The van der Waals surface area contributed by atoms with Crippen LogP contribution < -0.4 is 5.32 Å². The molecule has 1 N–H and O–H groups in total. The van der Waals surface area contributed by atoms with Crippen LogP contribution in [0.15, 0.2) is 0 Å². The molecule has 2 amide bonds. The van der Waals surface area contributed by atoms with Crippen LogP contribution in [0.2, 0.25) is 0 Å². The number of piperidine rings is 1. The lowest BCUT2D eigenvalue weighted by Crippen LogP contribution is -2.46. The first kappa shape index (κ1) is 17.3. The van der Waals surface area contributed by atoms with Gasteiger partial charge in [-0.3, -0.25) is 9.59 Å². The van der Waals surface area contributed by atoms with Crippen LogP contribution in [0.3, 0.4) is 0 Å². The molecule has 4 heteroatoms. The van der Waals surface area contributed by atoms with Crippen molar-refractivity contribution in [3.05, 3.63) is 0 Å². The molecule has 4 nitrogen and oxygen atoms in total. The number of amides is 2. The Morgan fingerprint density at radius 3 is 2.32 bits per heavy atom. The highest BCUT2D eigenvalue weighted by molar-refractivity contribution is 5.77. The van der Waals surface area contributed by atoms with Crippen molar-refractivity contribution in [1.82, 2.24) is 10.2 Å². The first-order chi connectivity index (χ1) is 10.7. The van der Waals surface area contributed by atoms with Crippen LogP contribution in [0.5, 0.6) is 0 Å².